The van der Waals surface area contributed by atoms with Crippen LogP contribution in [0.15, 0.2) is 114 Å². The molecule has 42 heavy (non-hydrogen) atoms. The maximum Gasteiger partial charge on any atom is 0.264 e. The Morgan fingerprint density at radius 3 is 2.05 bits per heavy atom. The average Bonchev–Trinajstić information content (AvgIpc) is 2.99. The number of nitrogens with one attached hydrogen (secondary N) is 1. The number of hydrogen-bond acceptors (Lipinski definition) is 4. The van der Waals surface area contributed by atoms with Crippen molar-refractivity contribution in [3.63, 3.8) is 0 Å². The van der Waals surface area contributed by atoms with E-state index in [4.69, 9.17) is 23.2 Å². The van der Waals surface area contributed by atoms with Crippen molar-refractivity contribution >= 4 is 50.7 Å². The first-order valence-corrected chi connectivity index (χ1v) is 15.6. The van der Waals surface area contributed by atoms with E-state index >= 15 is 0 Å². The highest BCUT2D eigenvalue weighted by atomic mass is 35.5. The molecular formula is C32H31Cl2N3O4S. The summed E-state index contributed by atoms with van der Waals surface area (Å²) in [7, 11) is -4.18. The fourth-order valence-electron chi connectivity index (χ4n) is 4.51. The number of halogens is 2. The van der Waals surface area contributed by atoms with Crippen LogP contribution in [0.25, 0.3) is 0 Å². The van der Waals surface area contributed by atoms with Gasteiger partial charge in [0, 0.05) is 29.6 Å². The third-order valence-electron chi connectivity index (χ3n) is 6.59. The van der Waals surface area contributed by atoms with Gasteiger partial charge < -0.3 is 10.2 Å². The minimum absolute atomic E-state index is 0.0200. The van der Waals surface area contributed by atoms with Crippen molar-refractivity contribution < 1.29 is 18.0 Å². The summed E-state index contributed by atoms with van der Waals surface area (Å²) in [6, 6.07) is 29.6. The molecule has 0 heterocycles. The number of amides is 2. The molecule has 0 saturated heterocycles. The second-order valence-corrected chi connectivity index (χ2v) is 12.3. The minimum atomic E-state index is -4.18. The topological polar surface area (TPSA) is 86.8 Å². The van der Waals surface area contributed by atoms with Gasteiger partial charge in [0.15, 0.2) is 0 Å². The van der Waals surface area contributed by atoms with Gasteiger partial charge in [-0.3, -0.25) is 13.9 Å². The molecule has 0 radical (unpaired) electrons. The summed E-state index contributed by atoms with van der Waals surface area (Å²) < 4.78 is 28.9. The Morgan fingerprint density at radius 1 is 0.786 bits per heavy atom. The summed E-state index contributed by atoms with van der Waals surface area (Å²) in [5, 5.41) is 3.69. The highest BCUT2D eigenvalue weighted by Gasteiger charge is 2.34. The van der Waals surface area contributed by atoms with Crippen LogP contribution in [-0.4, -0.2) is 44.3 Å². The third kappa shape index (κ3) is 7.91. The normalized spacial score (nSPS) is 11.9. The number of carbonyl (C=O) groups is 2. The van der Waals surface area contributed by atoms with E-state index in [0.29, 0.717) is 16.6 Å². The Kier molecular flexibility index (Phi) is 10.6. The van der Waals surface area contributed by atoms with E-state index in [1.165, 1.54) is 23.1 Å². The van der Waals surface area contributed by atoms with Crippen LogP contribution in [0.5, 0.6) is 0 Å². The quantitative estimate of drug-likeness (QED) is 0.211. The molecule has 0 aliphatic rings. The number of sulfonamides is 1. The van der Waals surface area contributed by atoms with Crippen LogP contribution in [0, 0.1) is 0 Å². The second kappa shape index (κ2) is 14.4. The zero-order valence-electron chi connectivity index (χ0n) is 23.0. The van der Waals surface area contributed by atoms with E-state index < -0.39 is 28.5 Å². The number of carbonyl (C=O) groups excluding carboxylic acids is 2. The van der Waals surface area contributed by atoms with Gasteiger partial charge in [0.2, 0.25) is 11.8 Å². The highest BCUT2D eigenvalue weighted by Crippen LogP contribution is 2.27. The summed E-state index contributed by atoms with van der Waals surface area (Å²) in [6.45, 7) is 1.66. The number of nitrogens with zero attached hydrogens (tertiary/aromatic N) is 2. The van der Waals surface area contributed by atoms with Crippen molar-refractivity contribution in [2.45, 2.75) is 30.8 Å². The zero-order chi connectivity index (χ0) is 30.1. The molecule has 4 aromatic carbocycles. The van der Waals surface area contributed by atoms with Crippen molar-refractivity contribution in [2.24, 2.45) is 0 Å². The van der Waals surface area contributed by atoms with Gasteiger partial charge in [-0.1, -0.05) is 89.9 Å². The van der Waals surface area contributed by atoms with Gasteiger partial charge in [0.05, 0.1) is 10.6 Å². The van der Waals surface area contributed by atoms with Gasteiger partial charge in [-0.25, -0.2) is 8.42 Å². The molecule has 4 rings (SSSR count). The lowest BCUT2D eigenvalue weighted by atomic mass is 10.0. The van der Waals surface area contributed by atoms with E-state index in [9.17, 15) is 18.0 Å². The molecule has 0 spiro atoms. The summed E-state index contributed by atoms with van der Waals surface area (Å²) in [5.41, 5.74) is 1.81. The van der Waals surface area contributed by atoms with Crippen LogP contribution in [0.3, 0.4) is 0 Å². The summed E-state index contributed by atoms with van der Waals surface area (Å²) >= 11 is 12.3. The molecule has 1 N–H and O–H groups in total. The lowest BCUT2D eigenvalue weighted by Crippen LogP contribution is -2.53. The van der Waals surface area contributed by atoms with Crippen LogP contribution < -0.4 is 9.62 Å². The Labute approximate surface area is 256 Å². The van der Waals surface area contributed by atoms with Gasteiger partial charge in [-0.2, -0.15) is 0 Å². The fourth-order valence-corrected chi connectivity index (χ4v) is 6.25. The van der Waals surface area contributed by atoms with Gasteiger partial charge in [0.1, 0.15) is 12.6 Å². The molecule has 0 aliphatic carbocycles. The maximum atomic E-state index is 14.3. The third-order valence-corrected chi connectivity index (χ3v) is 8.87. The summed E-state index contributed by atoms with van der Waals surface area (Å²) in [5.74, 6) is -0.902. The molecule has 0 fully saturated rings. The Bertz CT molecular complexity index is 1600. The van der Waals surface area contributed by atoms with Crippen LogP contribution in [-0.2, 0) is 32.6 Å². The van der Waals surface area contributed by atoms with Crippen LogP contribution in [0.2, 0.25) is 10.0 Å². The summed E-state index contributed by atoms with van der Waals surface area (Å²) in [4.78, 5) is 29.2. The molecule has 1 atom stereocenters. The predicted molar refractivity (Wildman–Crippen MR) is 167 cm³/mol. The van der Waals surface area contributed by atoms with E-state index in [1.54, 1.807) is 67.6 Å². The number of benzene rings is 4. The molecule has 1 unspecified atom stereocenters. The van der Waals surface area contributed by atoms with Crippen molar-refractivity contribution in [1.29, 1.82) is 0 Å². The van der Waals surface area contributed by atoms with E-state index in [0.717, 1.165) is 15.4 Å². The first-order chi connectivity index (χ1) is 20.2. The largest absolute Gasteiger partial charge is 0.355 e. The van der Waals surface area contributed by atoms with E-state index in [2.05, 4.69) is 5.32 Å². The monoisotopic (exact) mass is 623 g/mol. The molecule has 0 bridgehead atoms. The second-order valence-electron chi connectivity index (χ2n) is 9.55. The zero-order valence-corrected chi connectivity index (χ0v) is 25.3. The highest BCUT2D eigenvalue weighted by molar-refractivity contribution is 7.92. The average molecular weight is 625 g/mol. The molecule has 0 saturated carbocycles. The van der Waals surface area contributed by atoms with Crippen LogP contribution in [0.4, 0.5) is 5.69 Å². The van der Waals surface area contributed by atoms with Gasteiger partial charge in [0.25, 0.3) is 10.0 Å². The maximum absolute atomic E-state index is 14.3. The Balaban J connectivity index is 1.78. The fraction of sp³-hybridized carbons (Fsp3) is 0.188. The van der Waals surface area contributed by atoms with E-state index in [1.807, 2.05) is 30.3 Å². The molecule has 10 heteroatoms. The molecule has 4 aromatic rings. The van der Waals surface area contributed by atoms with Crippen molar-refractivity contribution in [3.8, 4) is 0 Å². The molecule has 0 aliphatic heterocycles. The van der Waals surface area contributed by atoms with Gasteiger partial charge in [-0.05, 0) is 60.5 Å². The van der Waals surface area contributed by atoms with Gasteiger partial charge in [-0.15, -0.1) is 0 Å². The van der Waals surface area contributed by atoms with Gasteiger partial charge >= 0.3 is 0 Å². The van der Waals surface area contributed by atoms with Crippen LogP contribution in [0.1, 0.15) is 18.1 Å². The first kappa shape index (κ1) is 31.1. The number of hydrogen-bond donors (Lipinski definition) is 1. The Hall–Kier alpha value is -3.85. The number of anilines is 1. The lowest BCUT2D eigenvalue weighted by molar-refractivity contribution is -0.140. The molecular weight excluding hydrogens is 593 g/mol. The SMILES string of the molecule is CCNC(=O)C(Cc1ccccc1)N(Cc1ccc(Cl)cc1)C(=O)CN(c1cccc(Cl)c1)S(=O)(=O)c1ccccc1. The number of rotatable bonds is 12. The van der Waals surface area contributed by atoms with Crippen molar-refractivity contribution in [1.82, 2.24) is 10.2 Å². The molecule has 2 amide bonds. The van der Waals surface area contributed by atoms with Crippen LogP contribution >= 0.6 is 23.2 Å². The lowest BCUT2D eigenvalue weighted by Gasteiger charge is -2.33. The standard InChI is InChI=1S/C32H31Cl2N3O4S/c1-2-35-32(39)30(20-24-10-5-3-6-11-24)36(22-25-16-18-26(33)19-17-25)31(38)23-37(28-13-9-12-27(34)21-28)42(40,41)29-14-7-4-8-15-29/h3-19,21,30H,2,20,22-23H2,1H3,(H,35,39). The molecule has 0 aromatic heterocycles. The first-order valence-electron chi connectivity index (χ1n) is 13.4. The minimum Gasteiger partial charge on any atom is -0.355 e. The molecule has 7 nitrogen and oxygen atoms in total. The summed E-state index contributed by atoms with van der Waals surface area (Å²) in [6.07, 6.45) is 0.231. The van der Waals surface area contributed by atoms with Crippen molar-refractivity contribution in [3.05, 3.63) is 130 Å². The predicted octanol–water partition coefficient (Wildman–Crippen LogP) is 5.96. The smallest absolute Gasteiger partial charge is 0.264 e. The van der Waals surface area contributed by atoms with E-state index in [-0.39, 0.29) is 29.5 Å². The van der Waals surface area contributed by atoms with Crippen molar-refractivity contribution in [2.75, 3.05) is 17.4 Å². The number of likely N-dealkylation sites (N-methyl/N-ethyl adjacent to an activating group) is 1. The Morgan fingerprint density at radius 2 is 1.43 bits per heavy atom. The molecule has 218 valence electrons.